The SMILES string of the molecule is C=CCC(C)NCCc1ccncc1. The summed E-state index contributed by atoms with van der Waals surface area (Å²) in [5, 5.41) is 3.44. The monoisotopic (exact) mass is 190 g/mol. The normalized spacial score (nSPS) is 12.4. The molecule has 0 bridgehead atoms. The predicted octanol–water partition coefficient (Wildman–Crippen LogP) is 2.18. The van der Waals surface area contributed by atoms with Gasteiger partial charge in [-0.1, -0.05) is 6.08 Å². The molecule has 0 aromatic carbocycles. The van der Waals surface area contributed by atoms with Crippen molar-refractivity contribution < 1.29 is 0 Å². The fourth-order valence-corrected chi connectivity index (χ4v) is 1.35. The summed E-state index contributed by atoms with van der Waals surface area (Å²) >= 11 is 0. The smallest absolute Gasteiger partial charge is 0.0270 e. The Labute approximate surface area is 86.1 Å². The van der Waals surface area contributed by atoms with Gasteiger partial charge in [-0.15, -0.1) is 6.58 Å². The van der Waals surface area contributed by atoms with Crippen LogP contribution in [0.1, 0.15) is 18.9 Å². The van der Waals surface area contributed by atoms with Crippen molar-refractivity contribution in [3.8, 4) is 0 Å². The Morgan fingerprint density at radius 2 is 2.21 bits per heavy atom. The summed E-state index contributed by atoms with van der Waals surface area (Å²) < 4.78 is 0. The minimum atomic E-state index is 0.523. The highest BCUT2D eigenvalue weighted by Crippen LogP contribution is 1.97. The summed E-state index contributed by atoms with van der Waals surface area (Å²) in [6, 6.07) is 4.63. The summed E-state index contributed by atoms with van der Waals surface area (Å²) in [5.41, 5.74) is 1.33. The number of hydrogen-bond acceptors (Lipinski definition) is 2. The van der Waals surface area contributed by atoms with Crippen LogP contribution in [-0.2, 0) is 6.42 Å². The number of hydrogen-bond donors (Lipinski definition) is 1. The Balaban J connectivity index is 2.18. The van der Waals surface area contributed by atoms with Crippen molar-refractivity contribution in [2.45, 2.75) is 25.8 Å². The number of nitrogens with zero attached hydrogens (tertiary/aromatic N) is 1. The van der Waals surface area contributed by atoms with Gasteiger partial charge < -0.3 is 5.32 Å². The van der Waals surface area contributed by atoms with Crippen LogP contribution in [0.15, 0.2) is 37.2 Å². The molecule has 1 N–H and O–H groups in total. The van der Waals surface area contributed by atoms with Crippen LogP contribution in [0.25, 0.3) is 0 Å². The highest BCUT2D eigenvalue weighted by molar-refractivity contribution is 5.09. The van der Waals surface area contributed by atoms with Crippen LogP contribution in [0.4, 0.5) is 0 Å². The van der Waals surface area contributed by atoms with Crippen molar-refractivity contribution in [3.63, 3.8) is 0 Å². The first-order valence-corrected chi connectivity index (χ1v) is 5.06. The molecule has 0 amide bonds. The molecule has 2 heteroatoms. The quantitative estimate of drug-likeness (QED) is 0.695. The maximum Gasteiger partial charge on any atom is 0.0270 e. The lowest BCUT2D eigenvalue weighted by atomic mass is 10.2. The third-order valence-corrected chi connectivity index (χ3v) is 2.18. The molecule has 0 saturated carbocycles. The summed E-state index contributed by atoms with van der Waals surface area (Å²) in [7, 11) is 0. The third-order valence-electron chi connectivity index (χ3n) is 2.18. The van der Waals surface area contributed by atoms with Gasteiger partial charge in [0.25, 0.3) is 0 Å². The minimum Gasteiger partial charge on any atom is -0.314 e. The first-order valence-electron chi connectivity index (χ1n) is 5.06. The van der Waals surface area contributed by atoms with E-state index in [4.69, 9.17) is 0 Å². The molecule has 76 valence electrons. The van der Waals surface area contributed by atoms with Gasteiger partial charge in [-0.25, -0.2) is 0 Å². The molecule has 0 fully saturated rings. The zero-order valence-electron chi connectivity index (χ0n) is 8.74. The zero-order chi connectivity index (χ0) is 10.2. The van der Waals surface area contributed by atoms with Crippen LogP contribution >= 0.6 is 0 Å². The molecular weight excluding hydrogens is 172 g/mol. The highest BCUT2D eigenvalue weighted by Gasteiger charge is 1.97. The van der Waals surface area contributed by atoms with Gasteiger partial charge in [0.05, 0.1) is 0 Å². The average molecular weight is 190 g/mol. The molecule has 1 aromatic rings. The van der Waals surface area contributed by atoms with E-state index in [0.717, 1.165) is 19.4 Å². The van der Waals surface area contributed by atoms with E-state index < -0.39 is 0 Å². The fraction of sp³-hybridized carbons (Fsp3) is 0.417. The van der Waals surface area contributed by atoms with Crippen molar-refractivity contribution in [3.05, 3.63) is 42.7 Å². The summed E-state index contributed by atoms with van der Waals surface area (Å²) in [5.74, 6) is 0. The maximum atomic E-state index is 3.98. The largest absolute Gasteiger partial charge is 0.314 e. The number of rotatable bonds is 6. The van der Waals surface area contributed by atoms with Crippen molar-refractivity contribution in [2.24, 2.45) is 0 Å². The van der Waals surface area contributed by atoms with Gasteiger partial charge in [-0.3, -0.25) is 4.98 Å². The van der Waals surface area contributed by atoms with Gasteiger partial charge in [0, 0.05) is 18.4 Å². The molecule has 1 aromatic heterocycles. The second-order valence-corrected chi connectivity index (χ2v) is 3.49. The molecule has 0 spiro atoms. The van der Waals surface area contributed by atoms with Crippen LogP contribution in [0.3, 0.4) is 0 Å². The molecular formula is C12H18N2. The Morgan fingerprint density at radius 3 is 2.86 bits per heavy atom. The molecule has 1 atom stereocenters. The van der Waals surface area contributed by atoms with Crippen molar-refractivity contribution in [1.29, 1.82) is 0 Å². The molecule has 0 radical (unpaired) electrons. The molecule has 0 saturated heterocycles. The van der Waals surface area contributed by atoms with Crippen LogP contribution in [0, 0.1) is 0 Å². The molecule has 2 nitrogen and oxygen atoms in total. The molecule has 1 rings (SSSR count). The van der Waals surface area contributed by atoms with Crippen LogP contribution < -0.4 is 5.32 Å². The first kappa shape index (κ1) is 10.9. The van der Waals surface area contributed by atoms with Gasteiger partial charge in [-0.05, 0) is 44.0 Å². The molecule has 0 aliphatic heterocycles. The summed E-state index contributed by atoms with van der Waals surface area (Å²) in [6.07, 6.45) is 7.70. The zero-order valence-corrected chi connectivity index (χ0v) is 8.74. The third kappa shape index (κ3) is 4.19. The number of nitrogens with one attached hydrogen (secondary N) is 1. The second kappa shape index (κ2) is 6.33. The Kier molecular flexibility index (Phi) is 4.94. The molecule has 14 heavy (non-hydrogen) atoms. The standard InChI is InChI=1S/C12H18N2/c1-3-4-11(2)14-10-7-12-5-8-13-9-6-12/h3,5-6,8-9,11,14H,1,4,7,10H2,2H3. The van der Waals surface area contributed by atoms with Crippen molar-refractivity contribution in [2.75, 3.05) is 6.54 Å². The lowest BCUT2D eigenvalue weighted by Gasteiger charge is -2.10. The van der Waals surface area contributed by atoms with E-state index in [1.165, 1.54) is 5.56 Å². The van der Waals surface area contributed by atoms with E-state index in [1.54, 1.807) is 0 Å². The van der Waals surface area contributed by atoms with E-state index in [1.807, 2.05) is 18.5 Å². The van der Waals surface area contributed by atoms with Crippen LogP contribution in [-0.4, -0.2) is 17.6 Å². The lowest BCUT2D eigenvalue weighted by molar-refractivity contribution is 0.556. The van der Waals surface area contributed by atoms with Gasteiger partial charge in [-0.2, -0.15) is 0 Å². The summed E-state index contributed by atoms with van der Waals surface area (Å²) in [4.78, 5) is 3.98. The van der Waals surface area contributed by atoms with Gasteiger partial charge in [0.2, 0.25) is 0 Å². The predicted molar refractivity (Wildman–Crippen MR) is 60.2 cm³/mol. The van der Waals surface area contributed by atoms with Crippen LogP contribution in [0.5, 0.6) is 0 Å². The van der Waals surface area contributed by atoms with E-state index in [2.05, 4.69) is 35.9 Å². The van der Waals surface area contributed by atoms with E-state index >= 15 is 0 Å². The Morgan fingerprint density at radius 1 is 1.50 bits per heavy atom. The number of pyridine rings is 1. The number of aromatic nitrogens is 1. The highest BCUT2D eigenvalue weighted by atomic mass is 14.9. The second-order valence-electron chi connectivity index (χ2n) is 3.49. The van der Waals surface area contributed by atoms with E-state index in [-0.39, 0.29) is 0 Å². The lowest BCUT2D eigenvalue weighted by Crippen LogP contribution is -2.27. The van der Waals surface area contributed by atoms with E-state index in [9.17, 15) is 0 Å². The topological polar surface area (TPSA) is 24.9 Å². The van der Waals surface area contributed by atoms with Gasteiger partial charge >= 0.3 is 0 Å². The molecule has 0 aliphatic rings. The van der Waals surface area contributed by atoms with Gasteiger partial charge in [0.15, 0.2) is 0 Å². The fourth-order valence-electron chi connectivity index (χ4n) is 1.35. The maximum absolute atomic E-state index is 3.98. The Bertz CT molecular complexity index is 256. The van der Waals surface area contributed by atoms with Crippen molar-refractivity contribution in [1.82, 2.24) is 10.3 Å². The molecule has 1 heterocycles. The molecule has 0 aliphatic carbocycles. The first-order chi connectivity index (χ1) is 6.83. The minimum absolute atomic E-state index is 0.523. The van der Waals surface area contributed by atoms with Crippen molar-refractivity contribution >= 4 is 0 Å². The van der Waals surface area contributed by atoms with Gasteiger partial charge in [0.1, 0.15) is 0 Å². The Hall–Kier alpha value is -1.15. The van der Waals surface area contributed by atoms with Crippen LogP contribution in [0.2, 0.25) is 0 Å². The van der Waals surface area contributed by atoms with E-state index in [0.29, 0.717) is 6.04 Å². The summed E-state index contributed by atoms with van der Waals surface area (Å²) in [6.45, 7) is 6.91. The average Bonchev–Trinajstić information content (AvgIpc) is 2.20. The molecule has 1 unspecified atom stereocenters.